The molecule has 0 unspecified atom stereocenters. The van der Waals surface area contributed by atoms with Crippen LogP contribution in [0.4, 0.5) is 0 Å². The molecule has 0 rings (SSSR count). The summed E-state index contributed by atoms with van der Waals surface area (Å²) in [5, 5.41) is 0. The SMILES string of the molecule is CC(C)C[C@H](C)N=CC=N[C@@H](C)CC(C)C. The van der Waals surface area contributed by atoms with Crippen LogP contribution in [0.3, 0.4) is 0 Å². The molecule has 2 nitrogen and oxygen atoms in total. The predicted octanol–water partition coefficient (Wildman–Crippen LogP) is 4.00. The Balaban J connectivity index is 3.85. The second-order valence-corrected chi connectivity index (χ2v) is 5.55. The molecule has 0 aromatic carbocycles. The lowest BCUT2D eigenvalue weighted by molar-refractivity contribution is 0.521. The van der Waals surface area contributed by atoms with Gasteiger partial charge < -0.3 is 0 Å². The summed E-state index contributed by atoms with van der Waals surface area (Å²) in [5.74, 6) is 1.42. The van der Waals surface area contributed by atoms with E-state index in [1.807, 2.05) is 12.4 Å². The van der Waals surface area contributed by atoms with Crippen molar-refractivity contribution in [1.29, 1.82) is 0 Å². The van der Waals surface area contributed by atoms with Gasteiger partial charge in [-0.2, -0.15) is 0 Å². The topological polar surface area (TPSA) is 24.7 Å². The van der Waals surface area contributed by atoms with Crippen molar-refractivity contribution in [2.24, 2.45) is 21.8 Å². The van der Waals surface area contributed by atoms with Gasteiger partial charge in [0, 0.05) is 24.5 Å². The van der Waals surface area contributed by atoms with Gasteiger partial charge in [0.1, 0.15) is 0 Å². The Morgan fingerprint density at radius 2 is 1.00 bits per heavy atom. The normalized spacial score (nSPS) is 16.8. The van der Waals surface area contributed by atoms with Gasteiger partial charge in [-0.05, 0) is 38.5 Å². The smallest absolute Gasteiger partial charge is 0.0474 e. The lowest BCUT2D eigenvalue weighted by atomic mass is 10.1. The molecule has 0 aliphatic carbocycles. The molecular formula is C14H28N2. The number of hydrogen-bond donors (Lipinski definition) is 0. The Morgan fingerprint density at radius 3 is 1.25 bits per heavy atom. The van der Waals surface area contributed by atoms with E-state index in [0.29, 0.717) is 23.9 Å². The van der Waals surface area contributed by atoms with E-state index in [2.05, 4.69) is 51.5 Å². The van der Waals surface area contributed by atoms with Crippen molar-refractivity contribution in [3.05, 3.63) is 0 Å². The summed E-state index contributed by atoms with van der Waals surface area (Å²) < 4.78 is 0. The predicted molar refractivity (Wildman–Crippen MR) is 74.8 cm³/mol. The molecule has 0 saturated carbocycles. The molecule has 0 bridgehead atoms. The molecule has 2 heteroatoms. The van der Waals surface area contributed by atoms with Crippen LogP contribution in [0.1, 0.15) is 54.4 Å². The zero-order chi connectivity index (χ0) is 12.6. The van der Waals surface area contributed by atoms with Gasteiger partial charge in [0.25, 0.3) is 0 Å². The van der Waals surface area contributed by atoms with Crippen molar-refractivity contribution in [3.63, 3.8) is 0 Å². The van der Waals surface area contributed by atoms with Crippen molar-refractivity contribution < 1.29 is 0 Å². The summed E-state index contributed by atoms with van der Waals surface area (Å²) in [6, 6.07) is 0.818. The highest BCUT2D eigenvalue weighted by Crippen LogP contribution is 2.07. The first-order chi connectivity index (χ1) is 7.41. The quantitative estimate of drug-likeness (QED) is 0.584. The van der Waals surface area contributed by atoms with Crippen LogP contribution in [0.15, 0.2) is 9.98 Å². The lowest BCUT2D eigenvalue weighted by Gasteiger charge is -2.08. The van der Waals surface area contributed by atoms with Gasteiger partial charge in [-0.15, -0.1) is 0 Å². The second kappa shape index (κ2) is 8.49. The standard InChI is InChI=1S/C14H28N2/c1-11(2)9-13(5)15-7-8-16-14(6)10-12(3)4/h7-8,11-14H,9-10H2,1-6H3/t13-,14-/m0/s1. The first-order valence-electron chi connectivity index (χ1n) is 6.46. The molecule has 0 heterocycles. The molecule has 0 aliphatic heterocycles. The third-order valence-corrected chi connectivity index (χ3v) is 2.37. The van der Waals surface area contributed by atoms with Gasteiger partial charge in [-0.3, -0.25) is 9.98 Å². The first-order valence-corrected chi connectivity index (χ1v) is 6.46. The van der Waals surface area contributed by atoms with Gasteiger partial charge in [0.15, 0.2) is 0 Å². The van der Waals surface area contributed by atoms with Gasteiger partial charge in [-0.1, -0.05) is 27.7 Å². The summed E-state index contributed by atoms with van der Waals surface area (Å²) in [7, 11) is 0. The summed E-state index contributed by atoms with van der Waals surface area (Å²) in [4.78, 5) is 8.88. The van der Waals surface area contributed by atoms with Crippen molar-refractivity contribution in [2.75, 3.05) is 0 Å². The zero-order valence-corrected chi connectivity index (χ0v) is 11.8. The number of hydrogen-bond acceptors (Lipinski definition) is 2. The summed E-state index contributed by atoms with van der Waals surface area (Å²) in [5.41, 5.74) is 0. The summed E-state index contributed by atoms with van der Waals surface area (Å²) >= 11 is 0. The number of nitrogens with zero attached hydrogens (tertiary/aromatic N) is 2. The van der Waals surface area contributed by atoms with Crippen LogP contribution >= 0.6 is 0 Å². The maximum atomic E-state index is 4.44. The molecule has 0 N–H and O–H groups in total. The van der Waals surface area contributed by atoms with E-state index in [1.165, 1.54) is 0 Å². The highest BCUT2D eigenvalue weighted by atomic mass is 14.8. The molecule has 16 heavy (non-hydrogen) atoms. The molecule has 0 spiro atoms. The minimum Gasteiger partial charge on any atom is -0.289 e. The lowest BCUT2D eigenvalue weighted by Crippen LogP contribution is -2.05. The van der Waals surface area contributed by atoms with Crippen LogP contribution < -0.4 is 0 Å². The molecule has 0 amide bonds. The molecule has 0 saturated heterocycles. The largest absolute Gasteiger partial charge is 0.289 e. The van der Waals surface area contributed by atoms with Crippen LogP contribution in [-0.2, 0) is 0 Å². The third kappa shape index (κ3) is 9.88. The maximum Gasteiger partial charge on any atom is 0.0474 e. The fourth-order valence-electron chi connectivity index (χ4n) is 1.86. The van der Waals surface area contributed by atoms with Crippen LogP contribution in [0, 0.1) is 11.8 Å². The Kier molecular flexibility index (Phi) is 8.14. The van der Waals surface area contributed by atoms with Crippen LogP contribution in [0.5, 0.6) is 0 Å². The van der Waals surface area contributed by atoms with Crippen molar-refractivity contribution in [1.82, 2.24) is 0 Å². The van der Waals surface area contributed by atoms with E-state index in [4.69, 9.17) is 0 Å². The minimum atomic E-state index is 0.409. The van der Waals surface area contributed by atoms with Crippen molar-refractivity contribution in [3.8, 4) is 0 Å². The van der Waals surface area contributed by atoms with Gasteiger partial charge >= 0.3 is 0 Å². The van der Waals surface area contributed by atoms with Crippen molar-refractivity contribution in [2.45, 2.75) is 66.5 Å². The van der Waals surface area contributed by atoms with Crippen LogP contribution in [0.25, 0.3) is 0 Å². The molecule has 0 aromatic heterocycles. The monoisotopic (exact) mass is 224 g/mol. The molecular weight excluding hydrogens is 196 g/mol. The summed E-state index contributed by atoms with van der Waals surface area (Å²) in [6.45, 7) is 13.2. The molecule has 0 aliphatic rings. The van der Waals surface area contributed by atoms with E-state index in [-0.39, 0.29) is 0 Å². The molecule has 0 aromatic rings. The highest BCUT2D eigenvalue weighted by molar-refractivity contribution is 6.16. The van der Waals surface area contributed by atoms with E-state index in [9.17, 15) is 0 Å². The maximum absolute atomic E-state index is 4.44. The Hall–Kier alpha value is -0.660. The Bertz CT molecular complexity index is 193. The van der Waals surface area contributed by atoms with Gasteiger partial charge in [0.05, 0.1) is 0 Å². The zero-order valence-electron chi connectivity index (χ0n) is 11.8. The van der Waals surface area contributed by atoms with Gasteiger partial charge in [-0.25, -0.2) is 0 Å². The fourth-order valence-corrected chi connectivity index (χ4v) is 1.86. The highest BCUT2D eigenvalue weighted by Gasteiger charge is 2.01. The van der Waals surface area contributed by atoms with Crippen LogP contribution in [0.2, 0.25) is 0 Å². The fraction of sp³-hybridized carbons (Fsp3) is 0.857. The Morgan fingerprint density at radius 1 is 0.688 bits per heavy atom. The average Bonchev–Trinajstić information content (AvgIpc) is 2.10. The van der Waals surface area contributed by atoms with E-state index in [1.54, 1.807) is 0 Å². The molecule has 0 radical (unpaired) electrons. The van der Waals surface area contributed by atoms with Gasteiger partial charge in [0.2, 0.25) is 0 Å². The van der Waals surface area contributed by atoms with Crippen molar-refractivity contribution >= 4 is 12.4 Å². The number of rotatable bonds is 7. The molecule has 2 atom stereocenters. The van der Waals surface area contributed by atoms with E-state index >= 15 is 0 Å². The molecule has 0 fully saturated rings. The van der Waals surface area contributed by atoms with E-state index < -0.39 is 0 Å². The minimum absolute atomic E-state index is 0.409. The summed E-state index contributed by atoms with van der Waals surface area (Å²) in [6.07, 6.45) is 5.99. The second-order valence-electron chi connectivity index (χ2n) is 5.55. The Labute approximate surface area is 101 Å². The van der Waals surface area contributed by atoms with Crippen LogP contribution in [-0.4, -0.2) is 24.5 Å². The average molecular weight is 224 g/mol. The van der Waals surface area contributed by atoms with E-state index in [0.717, 1.165) is 12.8 Å². The molecule has 94 valence electrons. The first kappa shape index (κ1) is 15.3. The third-order valence-electron chi connectivity index (χ3n) is 2.37. The number of aliphatic imine (C=N–C) groups is 2.